The first kappa shape index (κ1) is 37.3. The molecule has 0 bridgehead atoms. The lowest BCUT2D eigenvalue weighted by Gasteiger charge is -2.16. The topological polar surface area (TPSA) is 99.3 Å². The number of thiazole rings is 1. The Kier molecular flexibility index (Phi) is 13.1. The second-order valence-corrected chi connectivity index (χ2v) is 15.8. The molecule has 0 spiro atoms. The largest absolute Gasteiger partial charge is 1.00 e. The van der Waals surface area contributed by atoms with Crippen LogP contribution >= 0.6 is 34.9 Å². The predicted octanol–water partition coefficient (Wildman–Crippen LogP) is 0.899. The second-order valence-electron chi connectivity index (χ2n) is 12.5. The summed E-state index contributed by atoms with van der Waals surface area (Å²) in [4.78, 5) is 40.0. The summed E-state index contributed by atoms with van der Waals surface area (Å²) in [6.45, 7) is 4.09. The number of carbonyl (C=O) groups excluding carboxylic acids is 2. The van der Waals surface area contributed by atoms with Crippen molar-refractivity contribution in [2.45, 2.75) is 93.6 Å². The van der Waals surface area contributed by atoms with Gasteiger partial charge < -0.3 is 33.3 Å². The van der Waals surface area contributed by atoms with E-state index in [0.29, 0.717) is 35.0 Å². The molecule has 3 aliphatic rings. The normalized spacial score (nSPS) is 20.9. The molecule has 14 heteroatoms. The zero-order chi connectivity index (χ0) is 33.6. The molecule has 0 aliphatic carbocycles. The van der Waals surface area contributed by atoms with E-state index in [1.54, 1.807) is 15.5 Å². The molecule has 5 heterocycles. The number of amides is 3. The molecule has 3 amide bonds. The smallest absolute Gasteiger partial charge is 0.315 e. The highest BCUT2D eigenvalue weighted by molar-refractivity contribution is 8.08. The third kappa shape index (κ3) is 8.66. The van der Waals surface area contributed by atoms with Crippen LogP contribution < -0.4 is 52.6 Å². The molecule has 0 unspecified atom stereocenters. The Morgan fingerprint density at radius 1 is 1.08 bits per heavy atom. The van der Waals surface area contributed by atoms with Crippen LogP contribution in [-0.2, 0) is 17.9 Å². The number of aromatic nitrogens is 2. The summed E-state index contributed by atoms with van der Waals surface area (Å²) < 4.78 is 20.1. The summed E-state index contributed by atoms with van der Waals surface area (Å²) in [5.74, 6) is 0.804. The molecule has 3 N–H and O–H groups in total. The van der Waals surface area contributed by atoms with Crippen LogP contribution in [-0.4, -0.2) is 53.2 Å². The lowest BCUT2D eigenvalue weighted by atomic mass is 10.0. The van der Waals surface area contributed by atoms with Crippen LogP contribution in [0, 0.1) is 5.82 Å². The summed E-state index contributed by atoms with van der Waals surface area (Å²) in [5.41, 5.74) is 1.50. The Morgan fingerprint density at radius 3 is 2.73 bits per heavy atom. The Bertz CT molecular complexity index is 1840. The van der Waals surface area contributed by atoms with Crippen LogP contribution in [0.1, 0.15) is 64.0 Å². The van der Waals surface area contributed by atoms with Crippen molar-refractivity contribution in [3.8, 4) is 0 Å². The van der Waals surface area contributed by atoms with Gasteiger partial charge in [0, 0.05) is 67.1 Å². The van der Waals surface area contributed by atoms with E-state index >= 15 is 0 Å². The summed E-state index contributed by atoms with van der Waals surface area (Å²) in [5, 5.41) is 10.3. The fraction of sp³-hybridized carbons (Fsp3) is 0.486. The molecule has 0 radical (unpaired) electrons. The zero-order valence-electron chi connectivity index (χ0n) is 27.9. The average molecular weight is 747 g/mol. The first-order valence-corrected chi connectivity index (χ1v) is 19.6. The minimum absolute atomic E-state index is 0. The molecule has 2 fully saturated rings. The SMILES string of the molecule is CCn1c(=O)/c(=C2\Sc3cccc(F)c3N2C)s/c1=C\c1cccc[n+]1CCCCCCNC(=O)CCCC[C@@H]1SC[C@@H]2NC(=O)N[C@@H]21.[Cl-]. The van der Waals surface area contributed by atoms with Gasteiger partial charge in [-0.1, -0.05) is 30.7 Å². The average Bonchev–Trinajstić information content (AvgIpc) is 3.81. The number of urea groups is 1. The van der Waals surface area contributed by atoms with Crippen molar-refractivity contribution in [2.75, 3.05) is 24.2 Å². The van der Waals surface area contributed by atoms with Gasteiger partial charge in [0.1, 0.15) is 26.6 Å². The van der Waals surface area contributed by atoms with E-state index in [4.69, 9.17) is 0 Å². The van der Waals surface area contributed by atoms with E-state index in [0.717, 1.165) is 77.5 Å². The number of unbranched alkanes of at least 4 members (excludes halogenated alkanes) is 4. The van der Waals surface area contributed by atoms with Crippen LogP contribution in [0.5, 0.6) is 0 Å². The van der Waals surface area contributed by atoms with Crippen molar-refractivity contribution in [1.82, 2.24) is 20.5 Å². The number of thioether (sulfide) groups is 2. The Labute approximate surface area is 305 Å². The van der Waals surface area contributed by atoms with Crippen LogP contribution in [0.4, 0.5) is 14.9 Å². The van der Waals surface area contributed by atoms with Gasteiger partial charge >= 0.3 is 6.03 Å². The number of para-hydroxylation sites is 1. The van der Waals surface area contributed by atoms with E-state index < -0.39 is 0 Å². The van der Waals surface area contributed by atoms with Gasteiger partial charge in [0.05, 0.1) is 17.8 Å². The number of nitrogens with one attached hydrogen (secondary N) is 3. The van der Waals surface area contributed by atoms with Crippen molar-refractivity contribution in [3.05, 3.63) is 73.7 Å². The highest BCUT2D eigenvalue weighted by atomic mass is 35.5. The number of aryl methyl sites for hydroxylation is 1. The minimum Gasteiger partial charge on any atom is -1.00 e. The molecule has 6 rings (SSSR count). The molecule has 3 atom stereocenters. The lowest BCUT2D eigenvalue weighted by molar-refractivity contribution is -0.699. The fourth-order valence-corrected chi connectivity index (χ4v) is 10.7. The second kappa shape index (κ2) is 17.3. The number of carbonyl (C=O) groups is 2. The highest BCUT2D eigenvalue weighted by Gasteiger charge is 2.42. The van der Waals surface area contributed by atoms with Crippen LogP contribution in [0.3, 0.4) is 0 Å². The molecule has 264 valence electrons. The molecule has 3 aliphatic heterocycles. The molecule has 2 saturated heterocycles. The number of halogens is 2. The molecule has 9 nitrogen and oxygen atoms in total. The monoisotopic (exact) mass is 746 g/mol. The van der Waals surface area contributed by atoms with Gasteiger partial charge in [0.25, 0.3) is 5.56 Å². The molecule has 2 aromatic heterocycles. The Balaban J connectivity index is 0.00000468. The van der Waals surface area contributed by atoms with Crippen molar-refractivity contribution >= 4 is 63.6 Å². The van der Waals surface area contributed by atoms with Gasteiger partial charge in [0.2, 0.25) is 11.6 Å². The quantitative estimate of drug-likeness (QED) is 0.129. The molecule has 0 saturated carbocycles. The number of hydrogen-bond donors (Lipinski definition) is 3. The van der Waals surface area contributed by atoms with E-state index in [1.165, 1.54) is 29.2 Å². The van der Waals surface area contributed by atoms with Crippen molar-refractivity contribution < 1.29 is 31.0 Å². The molecule has 3 aromatic rings. The summed E-state index contributed by atoms with van der Waals surface area (Å²) in [6, 6.07) is 11.6. The molecular weight excluding hydrogens is 703 g/mol. The number of nitrogens with zero attached hydrogens (tertiary/aromatic N) is 3. The standard InChI is InChI=1S/C35H43FN6O3S3.ClH/c1-3-42-29(48-32(33(42)44)34-40(2)31-24(36)14-12-16-27(31)47-34)21-23-13-8-11-20-41(23)19-10-5-4-9-18-37-28(43)17-7-6-15-26-30-25(22-46-26)38-35(45)39-30;/h8,11-14,16,20-21,25-26,30H,3-7,9-10,15,17-19,22H2,1-2H3,(H2-,37,38,39,43,45);1H/b34-32+;/t25-,26-,30-;/m0./s1. The van der Waals surface area contributed by atoms with Crippen molar-refractivity contribution in [3.63, 3.8) is 0 Å². The molecular formula is C35H44ClFN6O3S3. The highest BCUT2D eigenvalue weighted by Crippen LogP contribution is 2.46. The van der Waals surface area contributed by atoms with Crippen molar-refractivity contribution in [1.29, 1.82) is 0 Å². The van der Waals surface area contributed by atoms with Crippen LogP contribution in [0.15, 0.2) is 52.3 Å². The van der Waals surface area contributed by atoms with Gasteiger partial charge in [-0.25, -0.2) is 9.18 Å². The fourth-order valence-electron chi connectivity index (χ4n) is 6.65. The number of hydrogen-bond acceptors (Lipinski definition) is 7. The van der Waals surface area contributed by atoms with E-state index in [9.17, 15) is 18.8 Å². The number of rotatable bonds is 14. The summed E-state index contributed by atoms with van der Waals surface area (Å²) in [6.07, 6.45) is 11.7. The Morgan fingerprint density at radius 2 is 1.92 bits per heavy atom. The molecule has 49 heavy (non-hydrogen) atoms. The third-order valence-electron chi connectivity index (χ3n) is 9.19. The number of fused-ring (bicyclic) bond motifs is 2. The lowest BCUT2D eigenvalue weighted by Crippen LogP contribution is -3.00. The first-order chi connectivity index (χ1) is 23.3. The summed E-state index contributed by atoms with van der Waals surface area (Å²) >= 11 is 4.82. The van der Waals surface area contributed by atoms with Gasteiger partial charge in [-0.2, -0.15) is 16.3 Å². The zero-order valence-corrected chi connectivity index (χ0v) is 31.1. The van der Waals surface area contributed by atoms with Crippen molar-refractivity contribution in [2.24, 2.45) is 0 Å². The predicted molar refractivity (Wildman–Crippen MR) is 193 cm³/mol. The number of pyridine rings is 1. The summed E-state index contributed by atoms with van der Waals surface area (Å²) in [7, 11) is 1.82. The third-order valence-corrected chi connectivity index (χ3v) is 13.2. The van der Waals surface area contributed by atoms with Crippen LogP contribution in [0.2, 0.25) is 0 Å². The number of benzene rings is 1. The number of anilines is 1. The van der Waals surface area contributed by atoms with Gasteiger partial charge in [0.15, 0.2) is 6.20 Å². The van der Waals surface area contributed by atoms with Gasteiger partial charge in [-0.05, 0) is 50.8 Å². The van der Waals surface area contributed by atoms with Gasteiger partial charge in [-0.3, -0.25) is 14.2 Å². The van der Waals surface area contributed by atoms with Crippen LogP contribution in [0.25, 0.3) is 11.1 Å². The first-order valence-electron chi connectivity index (χ1n) is 16.9. The molecule has 1 aromatic carbocycles. The van der Waals surface area contributed by atoms with Gasteiger partial charge in [-0.15, -0.1) is 11.3 Å². The van der Waals surface area contributed by atoms with E-state index in [-0.39, 0.29) is 47.8 Å². The maximum Gasteiger partial charge on any atom is 0.315 e. The van der Waals surface area contributed by atoms with E-state index in [1.807, 2.05) is 43.9 Å². The minimum atomic E-state index is -0.286. The maximum atomic E-state index is 14.6. The maximum absolute atomic E-state index is 14.6. The Hall–Kier alpha value is -3.00. The van der Waals surface area contributed by atoms with E-state index in [2.05, 4.69) is 38.9 Å².